The topological polar surface area (TPSA) is 140 Å². The Kier molecular flexibility index (Phi) is 8.50. The van der Waals surface area contributed by atoms with Gasteiger partial charge in [-0.25, -0.2) is 8.60 Å². The van der Waals surface area contributed by atoms with E-state index in [4.69, 9.17) is 16.8 Å². The van der Waals surface area contributed by atoms with Crippen molar-refractivity contribution in [2.75, 3.05) is 5.32 Å². The summed E-state index contributed by atoms with van der Waals surface area (Å²) >= 11 is 0.179. The molecule has 3 rings (SSSR count). The van der Waals surface area contributed by atoms with Crippen LogP contribution in [0.15, 0.2) is 82.6 Å². The van der Waals surface area contributed by atoms with E-state index in [1.54, 1.807) is 60.7 Å². The maximum atomic E-state index is 14.9. The van der Waals surface area contributed by atoms with Crippen molar-refractivity contribution in [1.82, 2.24) is 0 Å². The molecule has 1 unspecified atom stereocenters. The van der Waals surface area contributed by atoms with Crippen LogP contribution in [0, 0.1) is 3.57 Å². The lowest BCUT2D eigenvalue weighted by Crippen LogP contribution is -2.15. The highest BCUT2D eigenvalue weighted by Crippen LogP contribution is 2.31. The van der Waals surface area contributed by atoms with Gasteiger partial charge in [0.2, 0.25) is 11.1 Å². The summed E-state index contributed by atoms with van der Waals surface area (Å²) in [4.78, 5) is 13.0. The molecule has 1 amide bonds. The van der Waals surface area contributed by atoms with Crippen LogP contribution in [0.3, 0.4) is 0 Å². The quantitative estimate of drug-likeness (QED) is 0.0803. The van der Waals surface area contributed by atoms with Gasteiger partial charge in [-0.2, -0.15) is 10.2 Å². The van der Waals surface area contributed by atoms with Crippen molar-refractivity contribution in [3.05, 3.63) is 87.3 Å². The summed E-state index contributed by atoms with van der Waals surface area (Å²) in [6.45, 7) is 1.46. The summed E-state index contributed by atoms with van der Waals surface area (Å²) < 4.78 is 32.1. The highest BCUT2D eigenvalue weighted by atomic mass is 127. The van der Waals surface area contributed by atoms with Crippen molar-refractivity contribution in [1.29, 1.82) is 0 Å². The van der Waals surface area contributed by atoms with Crippen LogP contribution in [0.25, 0.3) is 16.7 Å². The first-order valence-electron chi connectivity index (χ1n) is 9.70. The van der Waals surface area contributed by atoms with Gasteiger partial charge in [-0.3, -0.25) is 4.79 Å². The Morgan fingerprint density at radius 1 is 1.12 bits per heavy atom. The van der Waals surface area contributed by atoms with Gasteiger partial charge in [0.1, 0.15) is 0 Å². The molecule has 0 bridgehead atoms. The summed E-state index contributed by atoms with van der Waals surface area (Å²) in [5, 5.41) is 14.3. The predicted octanol–water partition coefficient (Wildman–Crippen LogP) is 4.30. The molecule has 8 nitrogen and oxygen atoms in total. The molecule has 0 aliphatic carbocycles. The van der Waals surface area contributed by atoms with E-state index < -0.39 is 22.8 Å². The number of benzene rings is 3. The first-order valence-corrected chi connectivity index (χ1v) is 11.9. The van der Waals surface area contributed by atoms with Crippen LogP contribution in [0.4, 0.5) is 10.1 Å². The second-order valence-electron chi connectivity index (χ2n) is 6.98. The Hall–Kier alpha value is -3.13. The van der Waals surface area contributed by atoms with Crippen molar-refractivity contribution < 1.29 is 22.9 Å². The highest BCUT2D eigenvalue weighted by molar-refractivity contribution is 14.1. The number of carbonyl (C=O) groups excluding carboxylic acids is 1. The number of nitrogens with two attached hydrogens (primary N) is 2. The van der Waals surface area contributed by atoms with E-state index in [-0.39, 0.29) is 11.4 Å². The summed E-state index contributed by atoms with van der Waals surface area (Å²) in [6, 6.07) is 18.3. The lowest BCUT2D eigenvalue weighted by Gasteiger charge is -2.12. The molecule has 0 saturated heterocycles. The summed E-state index contributed by atoms with van der Waals surface area (Å²) in [5.41, 5.74) is 8.24. The van der Waals surface area contributed by atoms with Gasteiger partial charge in [0.05, 0.1) is 10.6 Å². The number of amidine groups is 1. The van der Waals surface area contributed by atoms with E-state index >= 15 is 0 Å². The van der Waals surface area contributed by atoms with Gasteiger partial charge in [-0.15, -0.1) is 0 Å². The zero-order chi connectivity index (χ0) is 24.8. The Labute approximate surface area is 211 Å². The number of nitrogens with zero attached hydrogens (tertiary/aromatic N) is 1. The van der Waals surface area contributed by atoms with Crippen LogP contribution in [0.5, 0.6) is 0 Å². The number of carbonyl (C=O) groups is 1. The fraction of sp³-hybridized carbons (Fsp3) is 0.0435. The van der Waals surface area contributed by atoms with E-state index in [0.717, 1.165) is 5.56 Å². The third kappa shape index (κ3) is 5.67. The molecule has 6 N–H and O–H groups in total. The monoisotopic (exact) mass is 594 g/mol. The zero-order valence-electron chi connectivity index (χ0n) is 17.8. The molecule has 0 aliphatic heterocycles. The first-order chi connectivity index (χ1) is 16.3. The van der Waals surface area contributed by atoms with E-state index in [0.29, 0.717) is 30.8 Å². The second-order valence-corrected chi connectivity index (χ2v) is 9.24. The molecular weight excluding hydrogens is 574 g/mol. The molecule has 0 heterocycles. The number of hydrogen-bond donors (Lipinski definition) is 4. The molecule has 0 fully saturated rings. The van der Waals surface area contributed by atoms with Gasteiger partial charge < -0.3 is 16.3 Å². The maximum absolute atomic E-state index is 14.9. The SMILES string of the molecule is C/C(=C(\F)C(=O)Nc1ccc(-c2ccccc2S(=O)ON)cc1I)c1cccc(/C(N)=N/O)c1. The molecule has 176 valence electrons. The normalized spacial score (nSPS) is 13.2. The lowest BCUT2D eigenvalue weighted by molar-refractivity contribution is -0.114. The number of amides is 1. The summed E-state index contributed by atoms with van der Waals surface area (Å²) in [6.07, 6.45) is 0. The van der Waals surface area contributed by atoms with Gasteiger partial charge in [-0.1, -0.05) is 47.6 Å². The van der Waals surface area contributed by atoms with Gasteiger partial charge in [0, 0.05) is 14.7 Å². The van der Waals surface area contributed by atoms with Crippen LogP contribution in [0.1, 0.15) is 18.1 Å². The number of anilines is 1. The Morgan fingerprint density at radius 3 is 2.50 bits per heavy atom. The van der Waals surface area contributed by atoms with E-state index in [9.17, 15) is 13.4 Å². The number of oxime groups is 1. The molecule has 0 aliphatic rings. The number of allylic oxidation sites excluding steroid dienone is 1. The number of halogens is 2. The molecule has 3 aromatic carbocycles. The molecule has 11 heteroatoms. The van der Waals surface area contributed by atoms with Crippen molar-refractivity contribution >= 4 is 56.7 Å². The van der Waals surface area contributed by atoms with E-state index in [1.165, 1.54) is 13.0 Å². The van der Waals surface area contributed by atoms with Gasteiger partial charge >= 0.3 is 0 Å². The van der Waals surface area contributed by atoms with Crippen LogP contribution < -0.4 is 16.9 Å². The Balaban J connectivity index is 1.87. The Morgan fingerprint density at radius 2 is 1.82 bits per heavy atom. The number of nitrogens with one attached hydrogen (secondary N) is 1. The molecule has 0 saturated carbocycles. The van der Waals surface area contributed by atoms with Gasteiger partial charge in [0.25, 0.3) is 5.91 Å². The predicted molar refractivity (Wildman–Crippen MR) is 138 cm³/mol. The average Bonchev–Trinajstić information content (AvgIpc) is 2.87. The number of rotatable bonds is 7. The van der Waals surface area contributed by atoms with Crippen molar-refractivity contribution in [3.8, 4) is 11.1 Å². The summed E-state index contributed by atoms with van der Waals surface area (Å²) in [5.74, 6) is 3.05. The standard InChI is InChI=1S/C23H20FIN4O4S/c1-13(14-5-4-6-16(11-14)22(26)29-31)21(24)23(30)28-19-10-9-15(12-18(19)25)17-7-2-3-8-20(17)34(32)33-27/h2-12,31H,27H2,1H3,(H2,26,29)(H,28,30)/b21-13+. The fourth-order valence-electron chi connectivity index (χ4n) is 3.13. The minimum Gasteiger partial charge on any atom is -0.409 e. The minimum absolute atomic E-state index is 0.0925. The molecule has 0 aromatic heterocycles. The van der Waals surface area contributed by atoms with Gasteiger partial charge in [-0.05, 0) is 70.5 Å². The smallest absolute Gasteiger partial charge is 0.284 e. The van der Waals surface area contributed by atoms with Crippen molar-refractivity contribution in [2.24, 2.45) is 16.8 Å². The highest BCUT2D eigenvalue weighted by Gasteiger charge is 2.17. The second kappa shape index (κ2) is 11.3. The zero-order valence-corrected chi connectivity index (χ0v) is 20.8. The lowest BCUT2D eigenvalue weighted by atomic mass is 10.0. The minimum atomic E-state index is -1.84. The largest absolute Gasteiger partial charge is 0.409 e. The van der Waals surface area contributed by atoms with E-state index in [1.807, 2.05) is 22.6 Å². The molecule has 34 heavy (non-hydrogen) atoms. The molecule has 1 atom stereocenters. The van der Waals surface area contributed by atoms with Gasteiger partial charge in [0.15, 0.2) is 11.7 Å². The average molecular weight is 594 g/mol. The maximum Gasteiger partial charge on any atom is 0.284 e. The van der Waals surface area contributed by atoms with E-state index in [2.05, 4.69) is 14.8 Å². The third-order valence-electron chi connectivity index (χ3n) is 4.91. The first kappa shape index (κ1) is 25.5. The van der Waals surface area contributed by atoms with Crippen LogP contribution in [-0.2, 0) is 20.2 Å². The van der Waals surface area contributed by atoms with Crippen LogP contribution in [-0.4, -0.2) is 21.2 Å². The van der Waals surface area contributed by atoms with Crippen molar-refractivity contribution in [2.45, 2.75) is 11.8 Å². The molecule has 0 radical (unpaired) electrons. The molecular formula is C23H20FIN4O4S. The van der Waals surface area contributed by atoms with Crippen LogP contribution in [0.2, 0.25) is 0 Å². The van der Waals surface area contributed by atoms with Crippen molar-refractivity contribution in [3.63, 3.8) is 0 Å². The third-order valence-corrected chi connectivity index (χ3v) is 6.69. The summed E-state index contributed by atoms with van der Waals surface area (Å²) in [7, 11) is 0. The molecule has 3 aromatic rings. The number of hydrogen-bond acceptors (Lipinski definition) is 6. The molecule has 0 spiro atoms. The fourth-order valence-corrected chi connectivity index (χ4v) is 4.44. The van der Waals surface area contributed by atoms with Crippen LogP contribution >= 0.6 is 22.6 Å². The Bertz CT molecular complexity index is 1330.